The fraction of sp³-hybridized carbons (Fsp3) is 0.233. The predicted octanol–water partition coefficient (Wildman–Crippen LogP) is 6.29. The molecular formula is C30H29ClN2O5. The number of imide groups is 2. The Kier molecular flexibility index (Phi) is 8.48. The zero-order chi connectivity index (χ0) is 27.2. The van der Waals surface area contributed by atoms with Crippen LogP contribution in [-0.4, -0.2) is 31.1 Å². The van der Waals surface area contributed by atoms with Crippen molar-refractivity contribution >= 4 is 41.2 Å². The summed E-state index contributed by atoms with van der Waals surface area (Å²) in [5, 5.41) is 2.63. The fourth-order valence-corrected chi connectivity index (χ4v) is 4.20. The average molecular weight is 533 g/mol. The second-order valence-electron chi connectivity index (χ2n) is 9.05. The number of barbiturate groups is 1. The van der Waals surface area contributed by atoms with Gasteiger partial charge in [-0.25, -0.2) is 9.69 Å². The zero-order valence-electron chi connectivity index (χ0n) is 21.5. The molecule has 0 radical (unpaired) electrons. The standard InChI is InChI=1S/C30H29ClN2O5/c1-4-20(3)21-8-11-25(12-9-21)37-14-15-38-27-13-10-23(31)17-22(27)18-26-28(34)32-30(36)33(29(26)35)24-7-5-6-19(2)16-24/h5-13,16-18,20H,4,14-15H2,1-3H3,(H,32,34,36). The number of aryl methyl sites for hydroxylation is 1. The lowest BCUT2D eigenvalue weighted by atomic mass is 9.99. The smallest absolute Gasteiger partial charge is 0.335 e. The third-order valence-corrected chi connectivity index (χ3v) is 6.54. The van der Waals surface area contributed by atoms with Crippen molar-refractivity contribution in [1.82, 2.24) is 5.32 Å². The molecule has 196 valence electrons. The van der Waals surface area contributed by atoms with Crippen molar-refractivity contribution in [3.63, 3.8) is 0 Å². The zero-order valence-corrected chi connectivity index (χ0v) is 22.2. The topological polar surface area (TPSA) is 84.9 Å². The highest BCUT2D eigenvalue weighted by Crippen LogP contribution is 2.28. The fourth-order valence-electron chi connectivity index (χ4n) is 4.02. The molecule has 1 fully saturated rings. The van der Waals surface area contributed by atoms with Crippen molar-refractivity contribution in [2.75, 3.05) is 18.1 Å². The normalized spacial score (nSPS) is 15.4. The number of rotatable bonds is 9. The van der Waals surface area contributed by atoms with Crippen molar-refractivity contribution in [2.45, 2.75) is 33.1 Å². The van der Waals surface area contributed by atoms with Crippen LogP contribution in [-0.2, 0) is 9.59 Å². The Morgan fingerprint density at radius 3 is 2.42 bits per heavy atom. The summed E-state index contributed by atoms with van der Waals surface area (Å²) in [4.78, 5) is 39.3. The number of carbonyl (C=O) groups excluding carboxylic acids is 3. The Morgan fingerprint density at radius 1 is 0.974 bits per heavy atom. The molecular weight excluding hydrogens is 504 g/mol. The Labute approximate surface area is 227 Å². The Balaban J connectivity index is 1.49. The Bertz CT molecular complexity index is 1380. The minimum Gasteiger partial charge on any atom is -0.490 e. The van der Waals surface area contributed by atoms with Crippen LogP contribution in [0.3, 0.4) is 0 Å². The summed E-state index contributed by atoms with van der Waals surface area (Å²) in [5.74, 6) is 0.116. The monoisotopic (exact) mass is 532 g/mol. The highest BCUT2D eigenvalue weighted by molar-refractivity contribution is 6.39. The molecule has 1 aliphatic heterocycles. The quantitative estimate of drug-likeness (QED) is 0.199. The molecule has 0 bridgehead atoms. The van der Waals surface area contributed by atoms with Gasteiger partial charge in [-0.15, -0.1) is 0 Å². The van der Waals surface area contributed by atoms with Gasteiger partial charge in [0.15, 0.2) is 0 Å². The summed E-state index contributed by atoms with van der Waals surface area (Å²) in [6.45, 7) is 6.70. The molecule has 3 aromatic rings. The number of nitrogens with one attached hydrogen (secondary N) is 1. The van der Waals surface area contributed by atoms with Crippen LogP contribution < -0.4 is 19.7 Å². The first-order valence-corrected chi connectivity index (χ1v) is 12.8. The highest BCUT2D eigenvalue weighted by Gasteiger charge is 2.37. The second kappa shape index (κ2) is 12.0. The molecule has 0 aromatic heterocycles. The number of hydrogen-bond donors (Lipinski definition) is 1. The molecule has 8 heteroatoms. The van der Waals surface area contributed by atoms with Gasteiger partial charge in [0, 0.05) is 10.6 Å². The molecule has 1 unspecified atom stereocenters. The van der Waals surface area contributed by atoms with E-state index in [2.05, 4.69) is 31.3 Å². The van der Waals surface area contributed by atoms with E-state index >= 15 is 0 Å². The molecule has 4 rings (SSSR count). The van der Waals surface area contributed by atoms with Gasteiger partial charge in [-0.3, -0.25) is 14.9 Å². The Morgan fingerprint density at radius 2 is 1.71 bits per heavy atom. The molecule has 7 nitrogen and oxygen atoms in total. The molecule has 38 heavy (non-hydrogen) atoms. The van der Waals surface area contributed by atoms with E-state index in [1.807, 2.05) is 25.1 Å². The van der Waals surface area contributed by atoms with Gasteiger partial charge in [0.25, 0.3) is 11.8 Å². The van der Waals surface area contributed by atoms with E-state index in [4.69, 9.17) is 21.1 Å². The summed E-state index contributed by atoms with van der Waals surface area (Å²) in [6, 6.07) is 19.0. The van der Waals surface area contributed by atoms with Crippen LogP contribution in [0.2, 0.25) is 5.02 Å². The number of carbonyl (C=O) groups is 3. The summed E-state index contributed by atoms with van der Waals surface area (Å²) in [7, 11) is 0. The first-order valence-electron chi connectivity index (χ1n) is 12.4. The second-order valence-corrected chi connectivity index (χ2v) is 9.49. The van der Waals surface area contributed by atoms with Crippen molar-refractivity contribution in [3.05, 3.63) is 94.0 Å². The van der Waals surface area contributed by atoms with Gasteiger partial charge in [-0.1, -0.05) is 49.7 Å². The largest absolute Gasteiger partial charge is 0.490 e. The van der Waals surface area contributed by atoms with Gasteiger partial charge < -0.3 is 9.47 Å². The third kappa shape index (κ3) is 6.23. The number of benzene rings is 3. The molecule has 1 aliphatic rings. The van der Waals surface area contributed by atoms with E-state index < -0.39 is 17.8 Å². The maximum atomic E-state index is 13.2. The lowest BCUT2D eigenvalue weighted by Crippen LogP contribution is -2.54. The van der Waals surface area contributed by atoms with Gasteiger partial charge in [0.1, 0.15) is 30.3 Å². The summed E-state index contributed by atoms with van der Waals surface area (Å²) < 4.78 is 11.7. The average Bonchev–Trinajstić information content (AvgIpc) is 2.90. The number of hydrogen-bond acceptors (Lipinski definition) is 5. The molecule has 1 saturated heterocycles. The van der Waals surface area contributed by atoms with Crippen LogP contribution in [0.1, 0.15) is 42.9 Å². The lowest BCUT2D eigenvalue weighted by molar-refractivity contribution is -0.122. The van der Waals surface area contributed by atoms with Gasteiger partial charge in [-0.05, 0) is 78.9 Å². The predicted molar refractivity (Wildman–Crippen MR) is 148 cm³/mol. The van der Waals surface area contributed by atoms with Crippen molar-refractivity contribution < 1.29 is 23.9 Å². The van der Waals surface area contributed by atoms with Gasteiger partial charge in [0.05, 0.1) is 5.69 Å². The minimum atomic E-state index is -0.806. The third-order valence-electron chi connectivity index (χ3n) is 6.30. The van der Waals surface area contributed by atoms with Crippen LogP contribution in [0.4, 0.5) is 10.5 Å². The van der Waals surface area contributed by atoms with Crippen LogP contribution in [0, 0.1) is 6.92 Å². The molecule has 3 aromatic carbocycles. The molecule has 0 spiro atoms. The van der Waals surface area contributed by atoms with E-state index in [0.717, 1.165) is 22.6 Å². The molecule has 1 N–H and O–H groups in total. The Hall–Kier alpha value is -4.10. The van der Waals surface area contributed by atoms with Gasteiger partial charge in [-0.2, -0.15) is 0 Å². The number of amides is 4. The number of nitrogens with zero attached hydrogens (tertiary/aromatic N) is 1. The van der Waals surface area contributed by atoms with E-state index in [0.29, 0.717) is 27.9 Å². The van der Waals surface area contributed by atoms with Crippen molar-refractivity contribution in [3.8, 4) is 11.5 Å². The van der Waals surface area contributed by atoms with Crippen molar-refractivity contribution in [1.29, 1.82) is 0 Å². The first kappa shape index (κ1) is 26.9. The highest BCUT2D eigenvalue weighted by atomic mass is 35.5. The number of ether oxygens (including phenoxy) is 2. The SMILES string of the molecule is CCC(C)c1ccc(OCCOc2ccc(Cl)cc2C=C2C(=O)NC(=O)N(c3cccc(C)c3)C2=O)cc1. The van der Waals surface area contributed by atoms with Crippen LogP contribution in [0.15, 0.2) is 72.3 Å². The molecule has 0 aliphatic carbocycles. The van der Waals surface area contributed by atoms with Gasteiger partial charge >= 0.3 is 6.03 Å². The lowest BCUT2D eigenvalue weighted by Gasteiger charge is -2.26. The van der Waals surface area contributed by atoms with E-state index in [1.165, 1.54) is 11.6 Å². The molecule has 1 atom stereocenters. The van der Waals surface area contributed by atoms with E-state index in [1.54, 1.807) is 36.4 Å². The number of anilines is 1. The van der Waals surface area contributed by atoms with Crippen molar-refractivity contribution in [2.24, 2.45) is 0 Å². The maximum absolute atomic E-state index is 13.2. The van der Waals surface area contributed by atoms with E-state index in [-0.39, 0.29) is 18.8 Å². The molecule has 4 amide bonds. The van der Waals surface area contributed by atoms with E-state index in [9.17, 15) is 14.4 Å². The summed E-state index contributed by atoms with van der Waals surface area (Å²) in [5.41, 5.74) is 2.70. The van der Waals surface area contributed by atoms with Crippen LogP contribution in [0.5, 0.6) is 11.5 Å². The summed E-state index contributed by atoms with van der Waals surface area (Å²) in [6.07, 6.45) is 2.45. The maximum Gasteiger partial charge on any atom is 0.335 e. The minimum absolute atomic E-state index is 0.212. The first-order chi connectivity index (χ1) is 18.3. The van der Waals surface area contributed by atoms with Crippen LogP contribution >= 0.6 is 11.6 Å². The molecule has 1 heterocycles. The number of halogens is 1. The molecule has 0 saturated carbocycles. The van der Waals surface area contributed by atoms with Crippen LogP contribution in [0.25, 0.3) is 6.08 Å². The summed E-state index contributed by atoms with van der Waals surface area (Å²) >= 11 is 6.20. The van der Waals surface area contributed by atoms with Gasteiger partial charge in [0.2, 0.25) is 0 Å². The number of urea groups is 1.